The van der Waals surface area contributed by atoms with Gasteiger partial charge < -0.3 is 25.0 Å². The number of ether oxygens (including phenoxy) is 2. The van der Waals surface area contributed by atoms with Gasteiger partial charge in [-0.1, -0.05) is 12.1 Å². The van der Waals surface area contributed by atoms with Gasteiger partial charge in [0.2, 0.25) is 0 Å². The number of nitrogens with one attached hydrogen (secondary N) is 2. The number of alkyl halides is 3. The summed E-state index contributed by atoms with van der Waals surface area (Å²) in [5.74, 6) is -2.84. The minimum atomic E-state index is -4.63. The van der Waals surface area contributed by atoms with Crippen LogP contribution in [-0.2, 0) is 20.7 Å². The molecule has 1 aliphatic rings. The lowest BCUT2D eigenvalue weighted by Crippen LogP contribution is -2.53. The summed E-state index contributed by atoms with van der Waals surface area (Å²) in [6.45, 7) is 2.22. The lowest BCUT2D eigenvalue weighted by molar-refractivity contribution is -0.167. The molecule has 1 saturated heterocycles. The lowest BCUT2D eigenvalue weighted by atomic mass is 9.99. The van der Waals surface area contributed by atoms with Crippen LogP contribution in [0, 0.1) is 12.7 Å². The fourth-order valence-electron chi connectivity index (χ4n) is 5.85. The van der Waals surface area contributed by atoms with Gasteiger partial charge in [0.25, 0.3) is 5.91 Å². The second kappa shape index (κ2) is 15.5. The van der Waals surface area contributed by atoms with E-state index in [4.69, 9.17) is 9.47 Å². The van der Waals surface area contributed by atoms with E-state index in [1.165, 1.54) is 49.6 Å². The van der Waals surface area contributed by atoms with Crippen LogP contribution in [0.5, 0.6) is 0 Å². The summed E-state index contributed by atoms with van der Waals surface area (Å²) in [7, 11) is 1.47. The summed E-state index contributed by atoms with van der Waals surface area (Å²) in [5, 5.41) is 5.83. The Morgan fingerprint density at radius 3 is 2.67 bits per heavy atom. The molecule has 2 aromatic carbocycles. The summed E-state index contributed by atoms with van der Waals surface area (Å²) in [5.41, 5.74) is 1.28. The molecule has 16 heteroatoms. The summed E-state index contributed by atoms with van der Waals surface area (Å²) in [6, 6.07) is 6.27. The van der Waals surface area contributed by atoms with Crippen molar-refractivity contribution in [2.24, 2.45) is 0 Å². The van der Waals surface area contributed by atoms with Crippen molar-refractivity contribution in [3.8, 4) is 0 Å². The number of aromatic nitrogens is 2. The number of aldehydes is 1. The minimum absolute atomic E-state index is 0.0128. The molecule has 0 radical (unpaired) electrons. The quantitative estimate of drug-likeness (QED) is 0.129. The van der Waals surface area contributed by atoms with Crippen LogP contribution in [-0.4, -0.2) is 85.8 Å². The number of halogens is 4. The Morgan fingerprint density at radius 2 is 1.96 bits per heavy atom. The van der Waals surface area contributed by atoms with Gasteiger partial charge in [0, 0.05) is 49.0 Å². The molecule has 0 saturated carbocycles. The number of pyridine rings is 2. The monoisotopic (exact) mass is 710 g/mol. The number of fused-ring (bicyclic) bond motifs is 1. The molecule has 0 unspecified atom stereocenters. The topological polar surface area (TPSA) is 143 Å². The molecule has 3 amide bonds. The van der Waals surface area contributed by atoms with E-state index in [1.54, 1.807) is 31.2 Å². The summed E-state index contributed by atoms with van der Waals surface area (Å²) < 4.78 is 66.8. The van der Waals surface area contributed by atoms with Gasteiger partial charge in [-0.15, -0.1) is 0 Å². The van der Waals surface area contributed by atoms with Gasteiger partial charge in [0.1, 0.15) is 17.9 Å². The Morgan fingerprint density at radius 1 is 1.18 bits per heavy atom. The molecule has 4 aromatic rings. The molecule has 0 aliphatic carbocycles. The molecule has 5 rings (SSSR count). The molecule has 2 aromatic heterocycles. The van der Waals surface area contributed by atoms with Gasteiger partial charge >= 0.3 is 18.2 Å². The number of esters is 1. The Bertz CT molecular complexity index is 1930. The van der Waals surface area contributed by atoms with E-state index in [-0.39, 0.29) is 48.7 Å². The fourth-order valence-corrected chi connectivity index (χ4v) is 5.85. The third kappa shape index (κ3) is 8.06. The molecule has 0 bridgehead atoms. The average molecular weight is 711 g/mol. The SMILES string of the molecule is CCOC(=O)[C@H](Cc1ccc(NC(=O)N(C)c2cnccc2C=O)c2ncccc12)NC(=O)c1c(C)cc(N2CCOC[C@@H]2C(F)(F)F)cc1F. The molecule has 1 fully saturated rings. The standard InChI is InChI=1S/C35H34F4N6O6/c1-4-51-33(48)27(42-32(47)30-20(2)14-23(16-25(30)36)45-12-13-50-19-29(45)35(37,38)39)15-21-7-8-26(31-24(21)6-5-10-41-31)43-34(49)44(3)28-17-40-11-9-22(28)18-46/h5-11,14,16-18,27,29H,4,12-13,15,19H2,1-3H3,(H,42,47)(H,43,49)/t27-,29+/m0/s1. The number of rotatable bonds is 10. The average Bonchev–Trinajstić information content (AvgIpc) is 3.11. The van der Waals surface area contributed by atoms with Crippen LogP contribution in [0.4, 0.5) is 39.4 Å². The highest BCUT2D eigenvalue weighted by Crippen LogP contribution is 2.33. The maximum Gasteiger partial charge on any atom is 0.411 e. The maximum atomic E-state index is 15.5. The number of urea groups is 1. The van der Waals surface area contributed by atoms with Gasteiger partial charge in [-0.3, -0.25) is 24.5 Å². The van der Waals surface area contributed by atoms with Gasteiger partial charge in [-0.05, 0) is 55.3 Å². The Labute approximate surface area is 289 Å². The molecule has 0 spiro atoms. The highest BCUT2D eigenvalue weighted by Gasteiger charge is 2.45. The van der Waals surface area contributed by atoms with Crippen molar-refractivity contribution >= 4 is 52.2 Å². The van der Waals surface area contributed by atoms with Crippen LogP contribution >= 0.6 is 0 Å². The van der Waals surface area contributed by atoms with Crippen LogP contribution in [0.1, 0.15) is 38.8 Å². The van der Waals surface area contributed by atoms with Crippen LogP contribution in [0.2, 0.25) is 0 Å². The van der Waals surface area contributed by atoms with Crippen LogP contribution < -0.4 is 20.4 Å². The molecule has 12 nitrogen and oxygen atoms in total. The largest absolute Gasteiger partial charge is 0.464 e. The zero-order chi connectivity index (χ0) is 36.9. The van der Waals surface area contributed by atoms with E-state index in [0.29, 0.717) is 28.4 Å². The zero-order valence-electron chi connectivity index (χ0n) is 27.8. The Hall–Kier alpha value is -5.64. The Kier molecular flexibility index (Phi) is 11.1. The Balaban J connectivity index is 1.40. The van der Waals surface area contributed by atoms with E-state index in [2.05, 4.69) is 20.6 Å². The second-order valence-corrected chi connectivity index (χ2v) is 11.6. The number of amides is 3. The van der Waals surface area contributed by atoms with Gasteiger partial charge in [-0.25, -0.2) is 14.0 Å². The van der Waals surface area contributed by atoms with E-state index >= 15 is 4.39 Å². The number of nitrogens with zero attached hydrogens (tertiary/aromatic N) is 4. The first kappa shape index (κ1) is 36.6. The molecule has 268 valence electrons. The number of benzene rings is 2. The molecule has 51 heavy (non-hydrogen) atoms. The third-order valence-corrected chi connectivity index (χ3v) is 8.36. The maximum absolute atomic E-state index is 15.5. The summed E-state index contributed by atoms with van der Waals surface area (Å²) in [6.07, 6.45) is 0.158. The lowest BCUT2D eigenvalue weighted by Gasteiger charge is -2.38. The van der Waals surface area contributed by atoms with Gasteiger partial charge in [0.15, 0.2) is 6.29 Å². The van der Waals surface area contributed by atoms with Crippen LogP contribution in [0.15, 0.2) is 61.1 Å². The number of hydrogen-bond donors (Lipinski definition) is 2. The molecule has 3 heterocycles. The van der Waals surface area contributed by atoms with Crippen molar-refractivity contribution in [3.63, 3.8) is 0 Å². The summed E-state index contributed by atoms with van der Waals surface area (Å²) in [4.78, 5) is 61.9. The molecule has 2 N–H and O–H groups in total. The van der Waals surface area contributed by atoms with Crippen molar-refractivity contribution < 1.29 is 46.2 Å². The predicted octanol–water partition coefficient (Wildman–Crippen LogP) is 5.23. The normalized spacial score (nSPS) is 15.2. The summed E-state index contributed by atoms with van der Waals surface area (Å²) >= 11 is 0. The van der Waals surface area contributed by atoms with Gasteiger partial charge in [-0.2, -0.15) is 13.2 Å². The molecular weight excluding hydrogens is 676 g/mol. The van der Waals surface area contributed by atoms with Crippen LogP contribution in [0.25, 0.3) is 10.9 Å². The number of morpholine rings is 1. The number of anilines is 3. The first-order chi connectivity index (χ1) is 24.3. The first-order valence-electron chi connectivity index (χ1n) is 15.8. The number of aryl methyl sites for hydroxylation is 1. The molecule has 1 aliphatic heterocycles. The zero-order valence-corrected chi connectivity index (χ0v) is 27.8. The minimum Gasteiger partial charge on any atom is -0.464 e. The van der Waals surface area contributed by atoms with E-state index in [1.807, 2.05) is 0 Å². The highest BCUT2D eigenvalue weighted by atomic mass is 19.4. The van der Waals surface area contributed by atoms with Crippen molar-refractivity contribution in [1.29, 1.82) is 0 Å². The smallest absolute Gasteiger partial charge is 0.411 e. The highest BCUT2D eigenvalue weighted by molar-refractivity contribution is 6.08. The van der Waals surface area contributed by atoms with Crippen molar-refractivity contribution in [2.45, 2.75) is 38.5 Å². The van der Waals surface area contributed by atoms with Crippen LogP contribution in [0.3, 0.4) is 0 Å². The first-order valence-corrected chi connectivity index (χ1v) is 15.8. The van der Waals surface area contributed by atoms with Crippen molar-refractivity contribution in [2.75, 3.05) is 48.5 Å². The predicted molar refractivity (Wildman–Crippen MR) is 180 cm³/mol. The number of carbonyl (C=O) groups excluding carboxylic acids is 4. The van der Waals surface area contributed by atoms with Crippen molar-refractivity contribution in [3.05, 3.63) is 89.1 Å². The third-order valence-electron chi connectivity index (χ3n) is 8.36. The fraction of sp³-hybridized carbons (Fsp3) is 0.314. The number of hydrogen-bond acceptors (Lipinski definition) is 9. The van der Waals surface area contributed by atoms with Crippen molar-refractivity contribution in [1.82, 2.24) is 15.3 Å². The second-order valence-electron chi connectivity index (χ2n) is 11.6. The van der Waals surface area contributed by atoms with Gasteiger partial charge in [0.05, 0.1) is 48.5 Å². The van der Waals surface area contributed by atoms with E-state index in [0.717, 1.165) is 11.0 Å². The van der Waals surface area contributed by atoms with E-state index in [9.17, 15) is 32.3 Å². The molecular formula is C35H34F4N6O6. The number of carbonyl (C=O) groups is 4. The molecule has 2 atom stereocenters. The van der Waals surface area contributed by atoms with E-state index < -0.39 is 54.2 Å².